The number of methoxy groups -OCH3 is 1. The van der Waals surface area contributed by atoms with E-state index in [9.17, 15) is 9.90 Å². The largest absolute Gasteiger partial charge is 0.508 e. The fourth-order valence-electron chi connectivity index (χ4n) is 5.16. The number of likely N-dealkylation sites (tertiary alicyclic amines) is 1. The molecule has 1 N–H and O–H groups in total. The second-order valence-corrected chi connectivity index (χ2v) is 9.74. The SMILES string of the molecule is COc1ccc2nc(-c3ccc(-c4cccc(O)c4)cc3)n(C[C@@H]3CCN(C(=O)C4CC4)C3)c2c1. The van der Waals surface area contributed by atoms with E-state index in [-0.39, 0.29) is 11.7 Å². The van der Waals surface area contributed by atoms with E-state index < -0.39 is 0 Å². The molecule has 1 aromatic heterocycles. The summed E-state index contributed by atoms with van der Waals surface area (Å²) in [6, 6.07) is 21.6. The number of fused-ring (bicyclic) bond motifs is 1. The molecule has 6 rings (SSSR count). The Balaban J connectivity index is 1.34. The molecule has 6 heteroatoms. The molecule has 178 valence electrons. The summed E-state index contributed by atoms with van der Waals surface area (Å²) in [5, 5.41) is 9.84. The number of phenolic OH excluding ortho intramolecular Hbond substituents is 1. The number of hydrogen-bond acceptors (Lipinski definition) is 4. The zero-order chi connectivity index (χ0) is 23.9. The molecule has 0 unspecified atom stereocenters. The lowest BCUT2D eigenvalue weighted by atomic mass is 10.0. The molecule has 6 nitrogen and oxygen atoms in total. The van der Waals surface area contributed by atoms with Crippen molar-refractivity contribution in [2.75, 3.05) is 20.2 Å². The van der Waals surface area contributed by atoms with E-state index in [1.165, 1.54) is 0 Å². The van der Waals surface area contributed by atoms with E-state index >= 15 is 0 Å². The van der Waals surface area contributed by atoms with Crippen LogP contribution in [0.25, 0.3) is 33.5 Å². The second-order valence-electron chi connectivity index (χ2n) is 9.74. The normalized spacial score (nSPS) is 17.7. The lowest BCUT2D eigenvalue weighted by Gasteiger charge is -2.18. The van der Waals surface area contributed by atoms with Gasteiger partial charge in [0.05, 0.1) is 18.1 Å². The molecular weight excluding hydrogens is 438 g/mol. The van der Waals surface area contributed by atoms with Crippen molar-refractivity contribution in [2.24, 2.45) is 11.8 Å². The van der Waals surface area contributed by atoms with Crippen molar-refractivity contribution in [3.05, 3.63) is 66.7 Å². The Morgan fingerprint density at radius 3 is 2.54 bits per heavy atom. The molecule has 0 bridgehead atoms. The Morgan fingerprint density at radius 1 is 1.00 bits per heavy atom. The van der Waals surface area contributed by atoms with E-state index in [0.29, 0.717) is 11.8 Å². The van der Waals surface area contributed by atoms with E-state index in [0.717, 1.165) is 78.2 Å². The Hall–Kier alpha value is -3.80. The van der Waals surface area contributed by atoms with Gasteiger partial charge in [0, 0.05) is 37.2 Å². The first-order valence-electron chi connectivity index (χ1n) is 12.3. The van der Waals surface area contributed by atoms with Crippen molar-refractivity contribution in [3.8, 4) is 34.0 Å². The molecule has 2 fully saturated rings. The summed E-state index contributed by atoms with van der Waals surface area (Å²) in [7, 11) is 1.68. The van der Waals surface area contributed by atoms with Crippen LogP contribution in [0.1, 0.15) is 19.3 Å². The number of carbonyl (C=O) groups excluding carboxylic acids is 1. The van der Waals surface area contributed by atoms with Crippen molar-refractivity contribution in [2.45, 2.75) is 25.8 Å². The van der Waals surface area contributed by atoms with Gasteiger partial charge in [-0.05, 0) is 60.6 Å². The smallest absolute Gasteiger partial charge is 0.225 e. The number of hydrogen-bond donors (Lipinski definition) is 1. The zero-order valence-electron chi connectivity index (χ0n) is 19.9. The lowest BCUT2D eigenvalue weighted by molar-refractivity contribution is -0.131. The molecule has 2 aliphatic rings. The summed E-state index contributed by atoms with van der Waals surface area (Å²) in [5.74, 6) is 2.99. The minimum absolute atomic E-state index is 0.257. The molecule has 1 aliphatic carbocycles. The third-order valence-corrected chi connectivity index (χ3v) is 7.24. The number of aromatic hydroxyl groups is 1. The van der Waals surface area contributed by atoms with Crippen LogP contribution in [0.15, 0.2) is 66.7 Å². The number of rotatable bonds is 6. The highest BCUT2D eigenvalue weighted by Crippen LogP contribution is 2.35. The minimum atomic E-state index is 0.257. The maximum atomic E-state index is 12.6. The second kappa shape index (κ2) is 8.77. The Kier molecular flexibility index (Phi) is 5.44. The summed E-state index contributed by atoms with van der Waals surface area (Å²) in [5.41, 5.74) is 5.03. The topological polar surface area (TPSA) is 67.6 Å². The van der Waals surface area contributed by atoms with Gasteiger partial charge in [0.15, 0.2) is 0 Å². The average molecular weight is 468 g/mol. The van der Waals surface area contributed by atoms with Crippen LogP contribution in [0.3, 0.4) is 0 Å². The molecule has 0 spiro atoms. The van der Waals surface area contributed by atoms with Crippen LogP contribution in [0.4, 0.5) is 0 Å². The average Bonchev–Trinajstić information content (AvgIpc) is 3.53. The first-order valence-corrected chi connectivity index (χ1v) is 12.3. The number of phenols is 1. The van der Waals surface area contributed by atoms with Gasteiger partial charge in [0.25, 0.3) is 0 Å². The number of imidazole rings is 1. The molecule has 1 amide bonds. The maximum absolute atomic E-state index is 12.6. The van der Waals surface area contributed by atoms with Gasteiger partial charge < -0.3 is 19.3 Å². The van der Waals surface area contributed by atoms with Crippen LogP contribution in [0.2, 0.25) is 0 Å². The Morgan fingerprint density at radius 2 is 1.80 bits per heavy atom. The molecule has 1 saturated heterocycles. The van der Waals surface area contributed by atoms with Crippen molar-refractivity contribution < 1.29 is 14.6 Å². The van der Waals surface area contributed by atoms with E-state index in [1.54, 1.807) is 19.2 Å². The van der Waals surface area contributed by atoms with Gasteiger partial charge in [-0.2, -0.15) is 0 Å². The first-order chi connectivity index (χ1) is 17.1. The maximum Gasteiger partial charge on any atom is 0.225 e. The van der Waals surface area contributed by atoms with Gasteiger partial charge in [0.2, 0.25) is 5.91 Å². The number of aromatic nitrogens is 2. The molecule has 1 aliphatic heterocycles. The minimum Gasteiger partial charge on any atom is -0.508 e. The highest BCUT2D eigenvalue weighted by Gasteiger charge is 2.36. The van der Waals surface area contributed by atoms with E-state index in [1.807, 2.05) is 24.3 Å². The summed E-state index contributed by atoms with van der Waals surface area (Å²) >= 11 is 0. The number of ether oxygens (including phenoxy) is 1. The fourth-order valence-corrected chi connectivity index (χ4v) is 5.16. The molecule has 4 aromatic rings. The van der Waals surface area contributed by atoms with Gasteiger partial charge in [-0.25, -0.2) is 4.98 Å². The summed E-state index contributed by atoms with van der Waals surface area (Å²) in [6.07, 6.45) is 3.11. The lowest BCUT2D eigenvalue weighted by Crippen LogP contribution is -2.30. The van der Waals surface area contributed by atoms with Crippen LogP contribution in [0.5, 0.6) is 11.5 Å². The van der Waals surface area contributed by atoms with Crippen molar-refractivity contribution >= 4 is 16.9 Å². The van der Waals surface area contributed by atoms with Gasteiger partial charge in [-0.1, -0.05) is 36.4 Å². The number of benzene rings is 3. The number of carbonyl (C=O) groups is 1. The third-order valence-electron chi connectivity index (χ3n) is 7.24. The Bertz CT molecular complexity index is 1390. The summed E-state index contributed by atoms with van der Waals surface area (Å²) in [6.45, 7) is 2.47. The van der Waals surface area contributed by atoms with Crippen molar-refractivity contribution in [1.82, 2.24) is 14.5 Å². The number of nitrogens with zero attached hydrogens (tertiary/aromatic N) is 3. The Labute approximate surface area is 204 Å². The van der Waals surface area contributed by atoms with Crippen LogP contribution in [0, 0.1) is 11.8 Å². The van der Waals surface area contributed by atoms with Crippen LogP contribution in [-0.4, -0.2) is 45.7 Å². The van der Waals surface area contributed by atoms with Gasteiger partial charge in [-0.3, -0.25) is 4.79 Å². The zero-order valence-corrected chi connectivity index (χ0v) is 19.9. The first kappa shape index (κ1) is 21.7. The third kappa shape index (κ3) is 4.25. The predicted octanol–water partition coefficient (Wildman–Crippen LogP) is 5.34. The summed E-state index contributed by atoms with van der Waals surface area (Å²) < 4.78 is 7.79. The molecule has 2 heterocycles. The van der Waals surface area contributed by atoms with Gasteiger partial charge in [0.1, 0.15) is 17.3 Å². The monoisotopic (exact) mass is 467 g/mol. The molecule has 1 atom stereocenters. The van der Waals surface area contributed by atoms with Crippen molar-refractivity contribution in [1.29, 1.82) is 0 Å². The molecule has 1 saturated carbocycles. The summed E-state index contributed by atoms with van der Waals surface area (Å²) in [4.78, 5) is 19.6. The highest BCUT2D eigenvalue weighted by atomic mass is 16.5. The molecule has 35 heavy (non-hydrogen) atoms. The molecular formula is C29H29N3O3. The van der Waals surface area contributed by atoms with E-state index in [2.05, 4.69) is 39.8 Å². The molecule has 3 aromatic carbocycles. The van der Waals surface area contributed by atoms with Crippen LogP contribution >= 0.6 is 0 Å². The number of amides is 1. The van der Waals surface area contributed by atoms with E-state index in [4.69, 9.17) is 9.72 Å². The van der Waals surface area contributed by atoms with Crippen LogP contribution in [-0.2, 0) is 11.3 Å². The quantitative estimate of drug-likeness (QED) is 0.416. The molecule has 0 radical (unpaired) electrons. The van der Waals surface area contributed by atoms with Gasteiger partial charge in [-0.15, -0.1) is 0 Å². The predicted molar refractivity (Wildman–Crippen MR) is 136 cm³/mol. The van der Waals surface area contributed by atoms with Crippen molar-refractivity contribution in [3.63, 3.8) is 0 Å². The van der Waals surface area contributed by atoms with Crippen LogP contribution < -0.4 is 4.74 Å². The van der Waals surface area contributed by atoms with Gasteiger partial charge >= 0.3 is 0 Å². The fraction of sp³-hybridized carbons (Fsp3) is 0.310. The highest BCUT2D eigenvalue weighted by molar-refractivity contribution is 5.83. The standard InChI is InChI=1S/C29H29N3O3/c1-35-25-11-12-26-27(16-25)32(18-19-13-14-31(17-19)29(34)22-9-10-22)28(30-26)21-7-5-20(6-8-21)23-3-2-4-24(33)15-23/h2-8,11-12,15-16,19,22,33H,9-10,13-14,17-18H2,1H3/t19-/m1/s1.